The van der Waals surface area contributed by atoms with Crippen LogP contribution in [0.1, 0.15) is 27.7 Å². The van der Waals surface area contributed by atoms with Crippen LogP contribution in [0.5, 0.6) is 0 Å². The van der Waals surface area contributed by atoms with Gasteiger partial charge in [0.25, 0.3) is 0 Å². The van der Waals surface area contributed by atoms with Gasteiger partial charge in [0.1, 0.15) is 11.2 Å². The predicted molar refractivity (Wildman–Crippen MR) is 71.2 cm³/mol. The highest BCUT2D eigenvalue weighted by molar-refractivity contribution is 5.68. The van der Waals surface area contributed by atoms with Crippen molar-refractivity contribution in [1.29, 1.82) is 0 Å². The second-order valence-corrected chi connectivity index (χ2v) is 8.82. The molecule has 4 bridgehead atoms. The van der Waals surface area contributed by atoms with Gasteiger partial charge in [-0.05, 0) is 51.4 Å². The van der Waals surface area contributed by atoms with Crippen molar-refractivity contribution in [2.75, 3.05) is 0 Å². The molecule has 8 rings (SSSR count). The quantitative estimate of drug-likeness (QED) is 0.476. The molecule has 0 aromatic heterocycles. The van der Waals surface area contributed by atoms with E-state index in [4.69, 9.17) is 4.74 Å². The lowest BCUT2D eigenvalue weighted by Crippen LogP contribution is -2.41. The van der Waals surface area contributed by atoms with Gasteiger partial charge >= 0.3 is 0 Å². The lowest BCUT2D eigenvalue weighted by atomic mass is 9.60. The van der Waals surface area contributed by atoms with E-state index in [0.717, 1.165) is 47.3 Å². The molecule has 4 atom stereocenters. The summed E-state index contributed by atoms with van der Waals surface area (Å²) in [7, 11) is 0. The number of rotatable bonds is 0. The Labute approximate surface area is 114 Å². The molecule has 7 saturated carbocycles. The van der Waals surface area contributed by atoms with Crippen LogP contribution < -0.4 is 0 Å². The molecule has 0 aromatic carbocycles. The molecular weight excluding hydrogens is 232 g/mol. The molecule has 0 N–H and O–H groups in total. The van der Waals surface area contributed by atoms with E-state index in [-0.39, 0.29) is 0 Å². The minimum absolute atomic E-state index is 0.334. The zero-order valence-electron chi connectivity index (χ0n) is 12.0. The number of epoxide rings is 1. The van der Waals surface area contributed by atoms with Crippen molar-refractivity contribution in [3.63, 3.8) is 0 Å². The van der Waals surface area contributed by atoms with Crippen molar-refractivity contribution in [2.45, 2.75) is 38.9 Å². The van der Waals surface area contributed by atoms with Gasteiger partial charge in [0.05, 0.1) is 0 Å². The fraction of sp³-hybridized carbons (Fsp3) is 0.778. The highest BCUT2D eigenvalue weighted by atomic mass is 16.6. The second-order valence-electron chi connectivity index (χ2n) is 8.82. The van der Waals surface area contributed by atoms with Crippen molar-refractivity contribution < 1.29 is 4.74 Å². The van der Waals surface area contributed by atoms with Crippen molar-refractivity contribution in [3.05, 3.63) is 22.3 Å². The Morgan fingerprint density at radius 2 is 1.00 bits per heavy atom. The van der Waals surface area contributed by atoms with Gasteiger partial charge in [0.15, 0.2) is 0 Å². The molecule has 0 aromatic rings. The Morgan fingerprint density at radius 1 is 0.684 bits per heavy atom. The normalized spacial score (nSPS) is 73.3. The summed E-state index contributed by atoms with van der Waals surface area (Å²) >= 11 is 0. The molecule has 2 spiro atoms. The highest BCUT2D eigenvalue weighted by Gasteiger charge is 3.08. The van der Waals surface area contributed by atoms with E-state index < -0.39 is 0 Å². The van der Waals surface area contributed by atoms with Gasteiger partial charge < -0.3 is 4.74 Å². The molecule has 1 heterocycles. The van der Waals surface area contributed by atoms with Crippen LogP contribution in [-0.2, 0) is 4.74 Å². The highest BCUT2D eigenvalue weighted by Crippen LogP contribution is 3.03. The summed E-state index contributed by atoms with van der Waals surface area (Å²) in [4.78, 5) is 0. The Balaban J connectivity index is 1.65. The van der Waals surface area contributed by atoms with E-state index >= 15 is 0 Å². The second kappa shape index (κ2) is 2.01. The van der Waals surface area contributed by atoms with Gasteiger partial charge in [-0.3, -0.25) is 0 Å². The first-order chi connectivity index (χ1) is 9.09. The van der Waals surface area contributed by atoms with Crippen LogP contribution in [0, 0.1) is 47.3 Å². The van der Waals surface area contributed by atoms with Crippen molar-refractivity contribution in [3.8, 4) is 0 Å². The number of hydrogen-bond acceptors (Lipinski definition) is 1. The molecule has 1 saturated heterocycles. The van der Waals surface area contributed by atoms with Crippen LogP contribution >= 0.6 is 0 Å². The molecule has 8 aliphatic rings. The lowest BCUT2D eigenvalue weighted by Gasteiger charge is -2.43. The maximum Gasteiger partial charge on any atom is 0.113 e. The maximum absolute atomic E-state index is 6.67. The van der Waals surface area contributed by atoms with Gasteiger partial charge in [0, 0.05) is 23.7 Å². The van der Waals surface area contributed by atoms with E-state index in [1.54, 1.807) is 11.1 Å². The van der Waals surface area contributed by atoms with Crippen molar-refractivity contribution in [2.24, 2.45) is 47.3 Å². The fourth-order valence-corrected chi connectivity index (χ4v) is 9.05. The molecule has 1 heteroatoms. The van der Waals surface area contributed by atoms with Crippen molar-refractivity contribution in [1.82, 2.24) is 0 Å². The molecule has 1 aliphatic heterocycles. The lowest BCUT2D eigenvalue weighted by molar-refractivity contribution is 0.0202. The topological polar surface area (TPSA) is 12.5 Å². The third-order valence-electron chi connectivity index (χ3n) is 8.57. The molecule has 0 radical (unpaired) electrons. The third kappa shape index (κ3) is 0.487. The molecule has 19 heavy (non-hydrogen) atoms. The Kier molecular flexibility index (Phi) is 0.993. The van der Waals surface area contributed by atoms with E-state index in [1.165, 1.54) is 0 Å². The van der Waals surface area contributed by atoms with Crippen LogP contribution in [-0.4, -0.2) is 11.2 Å². The van der Waals surface area contributed by atoms with Gasteiger partial charge in [-0.15, -0.1) is 0 Å². The molecular formula is C18H20O. The largest absolute Gasteiger partial charge is 0.360 e. The minimum Gasteiger partial charge on any atom is -0.360 e. The molecule has 7 aliphatic carbocycles. The van der Waals surface area contributed by atoms with E-state index in [1.807, 2.05) is 11.1 Å². The third-order valence-corrected chi connectivity index (χ3v) is 8.57. The number of ether oxygens (including phenoxy) is 1. The average molecular weight is 252 g/mol. The van der Waals surface area contributed by atoms with E-state index in [9.17, 15) is 0 Å². The SMILES string of the molecule is CC(C)=C1C2C3C4C5C3C3C(=C(C)C)C5C5(OC235)C14. The molecule has 0 amide bonds. The predicted octanol–water partition coefficient (Wildman–Crippen LogP) is 3.18. The summed E-state index contributed by atoms with van der Waals surface area (Å²) in [5.41, 5.74) is 7.70. The molecule has 8 fully saturated rings. The van der Waals surface area contributed by atoms with Crippen molar-refractivity contribution >= 4 is 0 Å². The van der Waals surface area contributed by atoms with E-state index in [2.05, 4.69) is 27.7 Å². The van der Waals surface area contributed by atoms with Crippen LogP contribution in [0.3, 0.4) is 0 Å². The monoisotopic (exact) mass is 252 g/mol. The van der Waals surface area contributed by atoms with Gasteiger partial charge in [-0.2, -0.15) is 0 Å². The zero-order chi connectivity index (χ0) is 12.6. The first-order valence-corrected chi connectivity index (χ1v) is 8.13. The zero-order valence-corrected chi connectivity index (χ0v) is 12.0. The summed E-state index contributed by atoms with van der Waals surface area (Å²) in [5.74, 6) is 7.51. The summed E-state index contributed by atoms with van der Waals surface area (Å²) in [6.07, 6.45) is 0. The average Bonchev–Trinajstić information content (AvgIpc) is 2.44. The Morgan fingerprint density at radius 3 is 1.26 bits per heavy atom. The van der Waals surface area contributed by atoms with Gasteiger partial charge in [0.2, 0.25) is 0 Å². The smallest absolute Gasteiger partial charge is 0.113 e. The first-order valence-electron chi connectivity index (χ1n) is 8.13. The van der Waals surface area contributed by atoms with Gasteiger partial charge in [-0.25, -0.2) is 0 Å². The maximum atomic E-state index is 6.67. The molecule has 1 nitrogen and oxygen atoms in total. The summed E-state index contributed by atoms with van der Waals surface area (Å²) in [5, 5.41) is 0. The summed E-state index contributed by atoms with van der Waals surface area (Å²) < 4.78 is 6.67. The van der Waals surface area contributed by atoms with Crippen LogP contribution in [0.4, 0.5) is 0 Å². The Hall–Kier alpha value is -0.560. The van der Waals surface area contributed by atoms with Crippen LogP contribution in [0.15, 0.2) is 22.3 Å². The van der Waals surface area contributed by atoms with Gasteiger partial charge in [-0.1, -0.05) is 22.3 Å². The van der Waals surface area contributed by atoms with E-state index in [0.29, 0.717) is 11.2 Å². The Bertz CT molecular complexity index is 570. The standard InChI is InChI=1S/C18H20O/c1-5(2)7-13-9-10-12-11(9)15-8(6(3)4)16(12)18(14(7)10)17(13,15)19-18/h9-16H,1-4H3. The summed E-state index contributed by atoms with van der Waals surface area (Å²) in [6, 6.07) is 0. The first kappa shape index (κ1) is 9.39. The number of hydrogen-bond donors (Lipinski definition) is 0. The number of allylic oxidation sites excluding steroid dienone is 2. The van der Waals surface area contributed by atoms with Crippen LogP contribution in [0.2, 0.25) is 0 Å². The minimum atomic E-state index is 0.334. The molecule has 98 valence electrons. The summed E-state index contributed by atoms with van der Waals surface area (Å²) in [6.45, 7) is 9.45. The fourth-order valence-electron chi connectivity index (χ4n) is 9.05. The van der Waals surface area contributed by atoms with Crippen LogP contribution in [0.25, 0.3) is 0 Å². The molecule has 4 unspecified atom stereocenters.